The molecule has 1 atom stereocenters. The standard InChI is InChI=1S/C13H13BrClNO5S/c1-2-21-13(18)10-5-8(14)3-4-11(10)16-7-9(6-12(16)17)22(15,19)20/h3-5,9H,2,6-7H2,1H3. The van der Waals surface area contributed by atoms with Crippen LogP contribution in [-0.2, 0) is 18.6 Å². The predicted octanol–water partition coefficient (Wildman–Crippen LogP) is 2.30. The van der Waals surface area contributed by atoms with Crippen molar-refractivity contribution < 1.29 is 22.7 Å². The number of hydrogen-bond donors (Lipinski definition) is 0. The van der Waals surface area contributed by atoms with E-state index in [0.717, 1.165) is 0 Å². The lowest BCUT2D eigenvalue weighted by molar-refractivity contribution is -0.117. The summed E-state index contributed by atoms with van der Waals surface area (Å²) in [5, 5.41) is -0.986. The van der Waals surface area contributed by atoms with Gasteiger partial charge in [-0.3, -0.25) is 4.79 Å². The molecule has 1 unspecified atom stereocenters. The molecule has 1 aliphatic rings. The Hall–Kier alpha value is -1.12. The molecule has 0 N–H and O–H groups in total. The Morgan fingerprint density at radius 1 is 1.50 bits per heavy atom. The SMILES string of the molecule is CCOC(=O)c1cc(Br)ccc1N1CC(S(=O)(=O)Cl)CC1=O. The van der Waals surface area contributed by atoms with Gasteiger partial charge in [0.25, 0.3) is 0 Å². The summed E-state index contributed by atoms with van der Waals surface area (Å²) in [6, 6.07) is 4.76. The first-order valence-corrected chi connectivity index (χ1v) is 9.61. The van der Waals surface area contributed by atoms with Crippen molar-refractivity contribution >= 4 is 53.2 Å². The Bertz CT molecular complexity index is 721. The van der Waals surface area contributed by atoms with Gasteiger partial charge in [-0.2, -0.15) is 0 Å². The highest BCUT2D eigenvalue weighted by atomic mass is 79.9. The monoisotopic (exact) mass is 409 g/mol. The average Bonchev–Trinajstić information content (AvgIpc) is 2.81. The molecule has 0 saturated carbocycles. The summed E-state index contributed by atoms with van der Waals surface area (Å²) in [6.45, 7) is 1.78. The Labute approximate surface area is 140 Å². The largest absolute Gasteiger partial charge is 0.462 e. The predicted molar refractivity (Wildman–Crippen MR) is 85.6 cm³/mol. The Kier molecular flexibility index (Phi) is 5.14. The zero-order chi connectivity index (χ0) is 16.5. The van der Waals surface area contributed by atoms with E-state index >= 15 is 0 Å². The topological polar surface area (TPSA) is 80.8 Å². The van der Waals surface area contributed by atoms with Crippen LogP contribution in [0.2, 0.25) is 0 Å². The first-order valence-electron chi connectivity index (χ1n) is 6.44. The average molecular weight is 411 g/mol. The molecule has 1 aliphatic heterocycles. The highest BCUT2D eigenvalue weighted by molar-refractivity contribution is 9.10. The second kappa shape index (κ2) is 6.55. The number of esters is 1. The second-order valence-electron chi connectivity index (χ2n) is 4.69. The zero-order valence-electron chi connectivity index (χ0n) is 11.6. The molecule has 0 aliphatic carbocycles. The van der Waals surface area contributed by atoms with Crippen molar-refractivity contribution in [2.24, 2.45) is 0 Å². The number of benzene rings is 1. The highest BCUT2D eigenvalue weighted by Crippen LogP contribution is 2.31. The Morgan fingerprint density at radius 2 is 2.18 bits per heavy atom. The number of anilines is 1. The van der Waals surface area contributed by atoms with Crippen molar-refractivity contribution in [2.45, 2.75) is 18.6 Å². The number of amides is 1. The van der Waals surface area contributed by atoms with E-state index < -0.39 is 26.2 Å². The maximum absolute atomic E-state index is 12.1. The molecular weight excluding hydrogens is 398 g/mol. The number of carbonyl (C=O) groups excluding carboxylic acids is 2. The molecule has 2 rings (SSSR count). The molecule has 1 aromatic carbocycles. The molecule has 0 aromatic heterocycles. The normalized spacial score (nSPS) is 18.6. The molecule has 0 bridgehead atoms. The molecular formula is C13H13BrClNO5S. The van der Waals surface area contributed by atoms with E-state index in [1.54, 1.807) is 19.1 Å². The lowest BCUT2D eigenvalue weighted by atomic mass is 10.1. The van der Waals surface area contributed by atoms with Crippen LogP contribution >= 0.6 is 26.6 Å². The summed E-state index contributed by atoms with van der Waals surface area (Å²) in [6.07, 6.45) is -0.204. The molecule has 0 radical (unpaired) electrons. The van der Waals surface area contributed by atoms with E-state index in [1.165, 1.54) is 11.0 Å². The number of rotatable bonds is 4. The minimum atomic E-state index is -3.84. The van der Waals surface area contributed by atoms with E-state index in [2.05, 4.69) is 15.9 Å². The minimum absolute atomic E-state index is 0.0846. The van der Waals surface area contributed by atoms with E-state index in [-0.39, 0.29) is 25.1 Å². The first kappa shape index (κ1) is 17.2. The van der Waals surface area contributed by atoms with Gasteiger partial charge >= 0.3 is 5.97 Å². The van der Waals surface area contributed by atoms with Gasteiger partial charge in [-0.15, -0.1) is 0 Å². The van der Waals surface area contributed by atoms with Crippen molar-refractivity contribution in [3.63, 3.8) is 0 Å². The van der Waals surface area contributed by atoms with Crippen LogP contribution < -0.4 is 4.90 Å². The van der Waals surface area contributed by atoms with Crippen LogP contribution in [0.25, 0.3) is 0 Å². The van der Waals surface area contributed by atoms with Gasteiger partial charge < -0.3 is 9.64 Å². The fourth-order valence-corrected chi connectivity index (χ4v) is 3.60. The van der Waals surface area contributed by atoms with Crippen LogP contribution in [0.3, 0.4) is 0 Å². The third kappa shape index (κ3) is 3.61. The van der Waals surface area contributed by atoms with E-state index in [0.29, 0.717) is 10.2 Å². The number of ether oxygens (including phenoxy) is 1. The quantitative estimate of drug-likeness (QED) is 0.562. The van der Waals surface area contributed by atoms with Crippen LogP contribution in [0.1, 0.15) is 23.7 Å². The maximum atomic E-state index is 12.1. The van der Waals surface area contributed by atoms with Gasteiger partial charge in [-0.1, -0.05) is 15.9 Å². The molecule has 1 heterocycles. The van der Waals surface area contributed by atoms with E-state index in [1.807, 2.05) is 0 Å². The lowest BCUT2D eigenvalue weighted by Crippen LogP contribution is -2.28. The Morgan fingerprint density at radius 3 is 2.73 bits per heavy atom. The summed E-state index contributed by atoms with van der Waals surface area (Å²) in [7, 11) is 1.49. The van der Waals surface area contributed by atoms with Gasteiger partial charge in [-0.05, 0) is 25.1 Å². The number of nitrogens with zero attached hydrogens (tertiary/aromatic N) is 1. The molecule has 1 amide bonds. The van der Waals surface area contributed by atoms with Crippen LogP contribution in [-0.4, -0.2) is 38.7 Å². The van der Waals surface area contributed by atoms with Crippen LogP contribution in [0.5, 0.6) is 0 Å². The molecule has 1 saturated heterocycles. The second-order valence-corrected chi connectivity index (χ2v) is 8.51. The lowest BCUT2D eigenvalue weighted by Gasteiger charge is -2.19. The van der Waals surface area contributed by atoms with Crippen molar-refractivity contribution in [3.8, 4) is 0 Å². The smallest absolute Gasteiger partial charge is 0.340 e. The third-order valence-corrected chi connectivity index (χ3v) is 5.59. The van der Waals surface area contributed by atoms with E-state index in [9.17, 15) is 18.0 Å². The van der Waals surface area contributed by atoms with Gasteiger partial charge in [-0.25, -0.2) is 13.2 Å². The fourth-order valence-electron chi connectivity index (χ4n) is 2.21. The summed E-state index contributed by atoms with van der Waals surface area (Å²) in [4.78, 5) is 25.4. The molecule has 1 fully saturated rings. The van der Waals surface area contributed by atoms with E-state index in [4.69, 9.17) is 15.4 Å². The highest BCUT2D eigenvalue weighted by Gasteiger charge is 2.39. The van der Waals surface area contributed by atoms with Crippen LogP contribution in [0.4, 0.5) is 5.69 Å². The van der Waals surface area contributed by atoms with Crippen LogP contribution in [0, 0.1) is 0 Å². The summed E-state index contributed by atoms with van der Waals surface area (Å²) in [5.74, 6) is -0.981. The molecule has 9 heteroatoms. The van der Waals surface area contributed by atoms with Gasteiger partial charge in [0.15, 0.2) is 0 Å². The van der Waals surface area contributed by atoms with Crippen LogP contribution in [0.15, 0.2) is 22.7 Å². The van der Waals surface area contributed by atoms with Crippen molar-refractivity contribution in [1.29, 1.82) is 0 Å². The fraction of sp³-hybridized carbons (Fsp3) is 0.385. The summed E-state index contributed by atoms with van der Waals surface area (Å²) < 4.78 is 28.5. The van der Waals surface area contributed by atoms with Crippen molar-refractivity contribution in [1.82, 2.24) is 0 Å². The first-order chi connectivity index (χ1) is 10.2. The number of hydrogen-bond acceptors (Lipinski definition) is 5. The third-order valence-electron chi connectivity index (χ3n) is 3.23. The molecule has 22 heavy (non-hydrogen) atoms. The molecule has 6 nitrogen and oxygen atoms in total. The minimum Gasteiger partial charge on any atom is -0.462 e. The summed E-state index contributed by atoms with van der Waals surface area (Å²) in [5.41, 5.74) is 0.506. The molecule has 0 spiro atoms. The van der Waals surface area contributed by atoms with Gasteiger partial charge in [0.05, 0.1) is 17.9 Å². The zero-order valence-corrected chi connectivity index (χ0v) is 14.7. The maximum Gasteiger partial charge on any atom is 0.340 e. The van der Waals surface area contributed by atoms with Crippen molar-refractivity contribution in [3.05, 3.63) is 28.2 Å². The van der Waals surface area contributed by atoms with Crippen molar-refractivity contribution in [2.75, 3.05) is 18.1 Å². The number of halogens is 2. The number of carbonyl (C=O) groups is 2. The van der Waals surface area contributed by atoms with Gasteiger partial charge in [0.2, 0.25) is 15.0 Å². The van der Waals surface area contributed by atoms with Gasteiger partial charge in [0.1, 0.15) is 5.25 Å². The molecule has 120 valence electrons. The summed E-state index contributed by atoms with van der Waals surface area (Å²) >= 11 is 3.25. The van der Waals surface area contributed by atoms with Gasteiger partial charge in [0, 0.05) is 28.1 Å². The molecule has 1 aromatic rings. The Balaban J connectivity index is 2.41.